The predicted octanol–water partition coefficient (Wildman–Crippen LogP) is 5.57. The van der Waals surface area contributed by atoms with Crippen LogP contribution in [-0.4, -0.2) is 11.3 Å². The molecule has 0 fully saturated rings. The van der Waals surface area contributed by atoms with E-state index in [-0.39, 0.29) is 0 Å². The third-order valence-electron chi connectivity index (χ3n) is 3.62. The summed E-state index contributed by atoms with van der Waals surface area (Å²) in [6.45, 7) is 4.07. The number of hydrogen-bond acceptors (Lipinski definition) is 1. The fraction of sp³-hybridized carbons (Fsp3) is 0.118. The molecule has 106 valence electrons. The highest BCUT2D eigenvalue weighted by atomic mass is 35.5. The highest BCUT2D eigenvalue weighted by molar-refractivity contribution is 6.39. The van der Waals surface area contributed by atoms with E-state index in [1.807, 2.05) is 26.0 Å². The summed E-state index contributed by atoms with van der Waals surface area (Å²) < 4.78 is 0. The van der Waals surface area contributed by atoms with Gasteiger partial charge < -0.3 is 4.98 Å². The molecule has 21 heavy (non-hydrogen) atoms. The summed E-state index contributed by atoms with van der Waals surface area (Å²) in [5, 5.41) is 1.73. The molecule has 0 aliphatic rings. The summed E-state index contributed by atoms with van der Waals surface area (Å²) in [6, 6.07) is 9.56. The number of hydrogen-bond donors (Lipinski definition) is 1. The minimum Gasteiger partial charge on any atom is -0.354 e. The van der Waals surface area contributed by atoms with E-state index in [1.165, 1.54) is 5.56 Å². The van der Waals surface area contributed by atoms with Crippen molar-refractivity contribution in [3.63, 3.8) is 0 Å². The van der Waals surface area contributed by atoms with Gasteiger partial charge in [0.25, 0.3) is 0 Å². The quantitative estimate of drug-likeness (QED) is 0.616. The van der Waals surface area contributed by atoms with Crippen molar-refractivity contribution in [1.82, 2.24) is 4.98 Å². The van der Waals surface area contributed by atoms with Gasteiger partial charge in [0.2, 0.25) is 0 Å². The number of fused-ring (bicyclic) bond motifs is 1. The van der Waals surface area contributed by atoms with E-state index in [1.54, 1.807) is 12.1 Å². The molecule has 0 unspecified atom stereocenters. The Labute approximate surface area is 132 Å². The van der Waals surface area contributed by atoms with Gasteiger partial charge in [0.15, 0.2) is 6.29 Å². The predicted molar refractivity (Wildman–Crippen MR) is 88.6 cm³/mol. The van der Waals surface area contributed by atoms with E-state index >= 15 is 0 Å². The summed E-state index contributed by atoms with van der Waals surface area (Å²) in [4.78, 5) is 14.9. The maximum atomic E-state index is 11.6. The number of carbonyl (C=O) groups is 1. The monoisotopic (exact) mass is 317 g/mol. The largest absolute Gasteiger partial charge is 0.354 e. The number of benzene rings is 2. The number of halogens is 2. The Bertz CT molecular complexity index is 865. The van der Waals surface area contributed by atoms with Gasteiger partial charge in [0, 0.05) is 27.1 Å². The first kappa shape index (κ1) is 14.2. The second-order valence-corrected chi connectivity index (χ2v) is 6.00. The van der Waals surface area contributed by atoms with Gasteiger partial charge >= 0.3 is 0 Å². The summed E-state index contributed by atoms with van der Waals surface area (Å²) in [6.07, 6.45) is 0.841. The minimum atomic E-state index is 0.479. The van der Waals surface area contributed by atoms with Crippen LogP contribution in [0.25, 0.3) is 22.2 Å². The van der Waals surface area contributed by atoms with Crippen molar-refractivity contribution in [2.24, 2.45) is 0 Å². The van der Waals surface area contributed by atoms with Crippen molar-refractivity contribution in [2.45, 2.75) is 13.8 Å². The maximum absolute atomic E-state index is 11.6. The van der Waals surface area contributed by atoms with Crippen molar-refractivity contribution >= 4 is 40.4 Å². The van der Waals surface area contributed by atoms with Gasteiger partial charge in [0.1, 0.15) is 0 Å². The zero-order valence-corrected chi connectivity index (χ0v) is 13.1. The molecule has 0 amide bonds. The van der Waals surface area contributed by atoms with Gasteiger partial charge in [0.05, 0.1) is 10.7 Å². The van der Waals surface area contributed by atoms with E-state index in [0.717, 1.165) is 28.6 Å². The average Bonchev–Trinajstić information content (AvgIpc) is 2.76. The zero-order chi connectivity index (χ0) is 15.1. The van der Waals surface area contributed by atoms with Gasteiger partial charge in [-0.3, -0.25) is 4.79 Å². The van der Waals surface area contributed by atoms with Gasteiger partial charge in [-0.2, -0.15) is 0 Å². The van der Waals surface area contributed by atoms with Crippen LogP contribution in [0.5, 0.6) is 0 Å². The third kappa shape index (κ3) is 2.35. The molecule has 3 rings (SSSR count). The molecule has 0 atom stereocenters. The summed E-state index contributed by atoms with van der Waals surface area (Å²) in [5.41, 5.74) is 5.39. The molecule has 2 aromatic carbocycles. The Kier molecular flexibility index (Phi) is 3.52. The van der Waals surface area contributed by atoms with Crippen LogP contribution >= 0.6 is 23.2 Å². The summed E-state index contributed by atoms with van der Waals surface area (Å²) in [5.74, 6) is 0. The molecule has 0 bridgehead atoms. The number of aryl methyl sites for hydroxylation is 2. The first-order valence-electron chi connectivity index (χ1n) is 6.55. The smallest absolute Gasteiger partial charge is 0.152 e. The molecular weight excluding hydrogens is 305 g/mol. The van der Waals surface area contributed by atoms with E-state index in [0.29, 0.717) is 21.0 Å². The van der Waals surface area contributed by atoms with Gasteiger partial charge in [-0.15, -0.1) is 0 Å². The Morgan fingerprint density at radius 3 is 2.52 bits per heavy atom. The van der Waals surface area contributed by atoms with Gasteiger partial charge in [-0.25, -0.2) is 0 Å². The molecular formula is C17H13Cl2NO. The fourth-order valence-corrected chi connectivity index (χ4v) is 3.29. The lowest BCUT2D eigenvalue weighted by Crippen LogP contribution is -1.89. The Morgan fingerprint density at radius 2 is 1.86 bits per heavy atom. The second kappa shape index (κ2) is 5.21. The number of rotatable bonds is 2. The molecule has 0 aliphatic carbocycles. The maximum Gasteiger partial charge on any atom is 0.152 e. The highest BCUT2D eigenvalue weighted by Gasteiger charge is 2.17. The van der Waals surface area contributed by atoms with Crippen LogP contribution in [0.2, 0.25) is 10.0 Å². The number of aromatic amines is 1. The first-order chi connectivity index (χ1) is 10.0. The lowest BCUT2D eigenvalue weighted by molar-refractivity contribution is 0.112. The van der Waals surface area contributed by atoms with Crippen molar-refractivity contribution in [1.29, 1.82) is 0 Å². The number of H-pyrrole nitrogens is 1. The SMILES string of the molecule is Cc1ccc(-c2[nH]c3cc(Cl)cc(Cl)c3c2C=O)c(C)c1. The minimum absolute atomic E-state index is 0.479. The molecule has 0 saturated carbocycles. The number of nitrogens with one attached hydrogen (secondary N) is 1. The van der Waals surface area contributed by atoms with Crippen LogP contribution in [0.4, 0.5) is 0 Å². The number of aldehydes is 1. The average molecular weight is 318 g/mol. The van der Waals surface area contributed by atoms with Crippen LogP contribution in [0.15, 0.2) is 30.3 Å². The van der Waals surface area contributed by atoms with Crippen molar-refractivity contribution in [2.75, 3.05) is 0 Å². The Balaban J connectivity index is 2.37. The number of aromatic nitrogens is 1. The first-order valence-corrected chi connectivity index (χ1v) is 7.30. The Morgan fingerprint density at radius 1 is 1.10 bits per heavy atom. The molecule has 4 heteroatoms. The lowest BCUT2D eigenvalue weighted by Gasteiger charge is -2.06. The standard InChI is InChI=1S/C17H13Cl2NO/c1-9-3-4-12(10(2)5-9)17-13(8-21)16-14(19)6-11(18)7-15(16)20-17/h3-8,20H,1-2H3. The molecule has 0 spiro atoms. The molecule has 3 aromatic rings. The van der Waals surface area contributed by atoms with Crippen molar-refractivity contribution < 1.29 is 4.79 Å². The van der Waals surface area contributed by atoms with E-state index in [9.17, 15) is 4.79 Å². The van der Waals surface area contributed by atoms with E-state index in [4.69, 9.17) is 23.2 Å². The van der Waals surface area contributed by atoms with Crippen molar-refractivity contribution in [3.05, 3.63) is 57.1 Å². The van der Waals surface area contributed by atoms with Crippen LogP contribution in [-0.2, 0) is 0 Å². The van der Waals surface area contributed by atoms with Gasteiger partial charge in [-0.05, 0) is 31.5 Å². The van der Waals surface area contributed by atoms with Crippen molar-refractivity contribution in [3.8, 4) is 11.3 Å². The van der Waals surface area contributed by atoms with Crippen LogP contribution in [0.3, 0.4) is 0 Å². The summed E-state index contributed by atoms with van der Waals surface area (Å²) in [7, 11) is 0. The molecule has 0 aliphatic heterocycles. The van der Waals surface area contributed by atoms with Crippen LogP contribution < -0.4 is 0 Å². The fourth-order valence-electron chi connectivity index (χ4n) is 2.70. The highest BCUT2D eigenvalue weighted by Crippen LogP contribution is 2.36. The molecule has 1 N–H and O–H groups in total. The number of carbonyl (C=O) groups excluding carboxylic acids is 1. The molecule has 2 nitrogen and oxygen atoms in total. The lowest BCUT2D eigenvalue weighted by atomic mass is 10.00. The van der Waals surface area contributed by atoms with Gasteiger partial charge in [-0.1, -0.05) is 47.0 Å². The topological polar surface area (TPSA) is 32.9 Å². The normalized spacial score (nSPS) is 11.0. The van der Waals surface area contributed by atoms with E-state index in [2.05, 4.69) is 11.1 Å². The molecule has 1 aromatic heterocycles. The van der Waals surface area contributed by atoms with Crippen LogP contribution in [0, 0.1) is 13.8 Å². The zero-order valence-electron chi connectivity index (χ0n) is 11.6. The summed E-state index contributed by atoms with van der Waals surface area (Å²) >= 11 is 12.3. The molecule has 0 radical (unpaired) electrons. The van der Waals surface area contributed by atoms with Crippen LogP contribution in [0.1, 0.15) is 21.5 Å². The van der Waals surface area contributed by atoms with E-state index < -0.39 is 0 Å². The Hall–Kier alpha value is -1.77. The third-order valence-corrected chi connectivity index (χ3v) is 4.14. The molecule has 0 saturated heterocycles. The second-order valence-electron chi connectivity index (χ2n) is 5.16. The molecule has 1 heterocycles.